The lowest BCUT2D eigenvalue weighted by molar-refractivity contribution is -0.128. The Morgan fingerprint density at radius 2 is 1.75 bits per heavy atom. The fraction of sp³-hybridized carbons (Fsp3) is 0.316. The van der Waals surface area contributed by atoms with Crippen molar-refractivity contribution in [2.75, 3.05) is 36.8 Å². The quantitative estimate of drug-likeness (QED) is 0.751. The molecular formula is C19H21BrN2OS. The monoisotopic (exact) mass is 404 g/mol. The van der Waals surface area contributed by atoms with Crippen LogP contribution in [-0.4, -0.2) is 42.7 Å². The molecule has 1 aliphatic rings. The van der Waals surface area contributed by atoms with Crippen LogP contribution in [0.1, 0.15) is 5.56 Å². The zero-order valence-corrected chi connectivity index (χ0v) is 15.9. The first-order valence-corrected chi connectivity index (χ1v) is 10.1. The maximum absolute atomic E-state index is 12.4. The number of hydrogen-bond acceptors (Lipinski definition) is 3. The minimum Gasteiger partial charge on any atom is -0.368 e. The van der Waals surface area contributed by atoms with Gasteiger partial charge in [-0.25, -0.2) is 0 Å². The van der Waals surface area contributed by atoms with Crippen LogP contribution < -0.4 is 4.90 Å². The third-order valence-electron chi connectivity index (χ3n) is 4.14. The van der Waals surface area contributed by atoms with Gasteiger partial charge in [0, 0.05) is 42.1 Å². The van der Waals surface area contributed by atoms with Crippen molar-refractivity contribution in [1.29, 1.82) is 0 Å². The van der Waals surface area contributed by atoms with Gasteiger partial charge in [-0.3, -0.25) is 4.79 Å². The van der Waals surface area contributed by atoms with Gasteiger partial charge in [-0.2, -0.15) is 0 Å². The Labute approximate surface area is 156 Å². The van der Waals surface area contributed by atoms with Crippen LogP contribution in [0.4, 0.5) is 5.69 Å². The lowest BCUT2D eigenvalue weighted by atomic mass is 10.2. The molecule has 0 atom stereocenters. The zero-order chi connectivity index (χ0) is 16.8. The van der Waals surface area contributed by atoms with Crippen molar-refractivity contribution in [2.45, 2.75) is 5.75 Å². The van der Waals surface area contributed by atoms with Gasteiger partial charge in [0.15, 0.2) is 0 Å². The molecule has 1 fully saturated rings. The second kappa shape index (κ2) is 8.58. The Hall–Kier alpha value is -1.46. The van der Waals surface area contributed by atoms with Crippen molar-refractivity contribution in [1.82, 2.24) is 4.90 Å². The minimum atomic E-state index is 0.253. The number of amides is 1. The van der Waals surface area contributed by atoms with Gasteiger partial charge in [0.1, 0.15) is 0 Å². The maximum atomic E-state index is 12.4. The molecule has 0 aromatic heterocycles. The van der Waals surface area contributed by atoms with Gasteiger partial charge in [0.05, 0.1) is 5.75 Å². The summed E-state index contributed by atoms with van der Waals surface area (Å²) in [4.78, 5) is 16.7. The average Bonchev–Trinajstić information content (AvgIpc) is 2.63. The molecular weight excluding hydrogens is 384 g/mol. The molecule has 1 saturated heterocycles. The molecule has 0 N–H and O–H groups in total. The number of hydrogen-bond donors (Lipinski definition) is 0. The number of halogens is 1. The number of anilines is 1. The van der Waals surface area contributed by atoms with E-state index in [1.165, 1.54) is 11.3 Å². The molecule has 2 aromatic carbocycles. The standard InChI is InChI=1S/C19H21BrN2OS/c20-17-6-4-5-16(13-17)14-24-15-19(23)22-11-9-21(10-12-22)18-7-2-1-3-8-18/h1-8,13H,9-12,14-15H2. The molecule has 5 heteroatoms. The van der Waals surface area contributed by atoms with E-state index in [9.17, 15) is 4.79 Å². The van der Waals surface area contributed by atoms with Crippen molar-refractivity contribution in [2.24, 2.45) is 0 Å². The zero-order valence-electron chi connectivity index (χ0n) is 13.5. The Balaban J connectivity index is 1.42. The van der Waals surface area contributed by atoms with Gasteiger partial charge in [0.2, 0.25) is 5.91 Å². The molecule has 1 amide bonds. The topological polar surface area (TPSA) is 23.6 Å². The van der Waals surface area contributed by atoms with Crippen molar-refractivity contribution < 1.29 is 4.79 Å². The van der Waals surface area contributed by atoms with E-state index in [1.54, 1.807) is 11.8 Å². The van der Waals surface area contributed by atoms with Crippen LogP contribution in [0.25, 0.3) is 0 Å². The van der Waals surface area contributed by atoms with Crippen LogP contribution in [-0.2, 0) is 10.5 Å². The largest absolute Gasteiger partial charge is 0.368 e. The van der Waals surface area contributed by atoms with E-state index < -0.39 is 0 Å². The van der Waals surface area contributed by atoms with Gasteiger partial charge in [-0.05, 0) is 29.8 Å². The molecule has 1 aliphatic heterocycles. The van der Waals surface area contributed by atoms with E-state index in [4.69, 9.17) is 0 Å². The Morgan fingerprint density at radius 3 is 2.46 bits per heavy atom. The number of carbonyl (C=O) groups is 1. The average molecular weight is 405 g/mol. The fourth-order valence-corrected chi connectivity index (χ4v) is 4.15. The molecule has 0 unspecified atom stereocenters. The highest BCUT2D eigenvalue weighted by atomic mass is 79.9. The van der Waals surface area contributed by atoms with Gasteiger partial charge < -0.3 is 9.80 Å². The second-order valence-electron chi connectivity index (χ2n) is 5.83. The molecule has 126 valence electrons. The van der Waals surface area contributed by atoms with Crippen molar-refractivity contribution in [3.05, 3.63) is 64.6 Å². The number of piperazine rings is 1. The maximum Gasteiger partial charge on any atom is 0.232 e. The van der Waals surface area contributed by atoms with E-state index >= 15 is 0 Å². The SMILES string of the molecule is O=C(CSCc1cccc(Br)c1)N1CCN(c2ccccc2)CC1. The highest BCUT2D eigenvalue weighted by molar-refractivity contribution is 9.10. The van der Waals surface area contributed by atoms with Gasteiger partial charge in [-0.1, -0.05) is 46.3 Å². The summed E-state index contributed by atoms with van der Waals surface area (Å²) < 4.78 is 1.09. The van der Waals surface area contributed by atoms with E-state index in [-0.39, 0.29) is 5.91 Å². The number of benzene rings is 2. The van der Waals surface area contributed by atoms with Crippen LogP contribution in [0.2, 0.25) is 0 Å². The summed E-state index contributed by atoms with van der Waals surface area (Å²) in [5, 5.41) is 0. The summed E-state index contributed by atoms with van der Waals surface area (Å²) in [6, 6.07) is 18.7. The molecule has 0 aliphatic carbocycles. The predicted octanol–water partition coefficient (Wildman–Crippen LogP) is 4.03. The predicted molar refractivity (Wildman–Crippen MR) is 106 cm³/mol. The number of carbonyl (C=O) groups excluding carboxylic acids is 1. The molecule has 0 saturated carbocycles. The van der Waals surface area contributed by atoms with Crippen LogP contribution in [0.15, 0.2) is 59.1 Å². The number of rotatable bonds is 5. The number of para-hydroxylation sites is 1. The summed E-state index contributed by atoms with van der Waals surface area (Å²) in [5.74, 6) is 1.68. The highest BCUT2D eigenvalue weighted by Crippen LogP contribution is 2.19. The minimum absolute atomic E-state index is 0.253. The molecule has 0 spiro atoms. The highest BCUT2D eigenvalue weighted by Gasteiger charge is 2.20. The molecule has 24 heavy (non-hydrogen) atoms. The van der Waals surface area contributed by atoms with E-state index in [0.29, 0.717) is 5.75 Å². The summed E-state index contributed by atoms with van der Waals surface area (Å²) >= 11 is 5.17. The van der Waals surface area contributed by atoms with Gasteiger partial charge in [-0.15, -0.1) is 11.8 Å². The van der Waals surface area contributed by atoms with Crippen LogP contribution >= 0.6 is 27.7 Å². The third kappa shape index (κ3) is 4.77. The van der Waals surface area contributed by atoms with E-state index in [1.807, 2.05) is 23.1 Å². The summed E-state index contributed by atoms with van der Waals surface area (Å²) in [7, 11) is 0. The van der Waals surface area contributed by atoms with Crippen LogP contribution in [0.5, 0.6) is 0 Å². The Morgan fingerprint density at radius 1 is 1.00 bits per heavy atom. The van der Waals surface area contributed by atoms with Crippen molar-refractivity contribution in [3.63, 3.8) is 0 Å². The summed E-state index contributed by atoms with van der Waals surface area (Å²) in [5.41, 5.74) is 2.49. The van der Waals surface area contributed by atoms with Gasteiger partial charge in [0.25, 0.3) is 0 Å². The van der Waals surface area contributed by atoms with Crippen LogP contribution in [0.3, 0.4) is 0 Å². The van der Waals surface area contributed by atoms with E-state index in [0.717, 1.165) is 36.4 Å². The van der Waals surface area contributed by atoms with Crippen molar-refractivity contribution in [3.8, 4) is 0 Å². The second-order valence-corrected chi connectivity index (χ2v) is 7.73. The van der Waals surface area contributed by atoms with E-state index in [2.05, 4.69) is 57.2 Å². The first-order chi connectivity index (χ1) is 11.7. The molecule has 0 radical (unpaired) electrons. The summed E-state index contributed by atoms with van der Waals surface area (Å²) in [6.45, 7) is 3.44. The first-order valence-electron chi connectivity index (χ1n) is 8.12. The molecule has 1 heterocycles. The first kappa shape index (κ1) is 17.4. The molecule has 2 aromatic rings. The lowest BCUT2D eigenvalue weighted by Crippen LogP contribution is -2.49. The number of nitrogens with zero attached hydrogens (tertiary/aromatic N) is 2. The van der Waals surface area contributed by atoms with Gasteiger partial charge >= 0.3 is 0 Å². The Kier molecular flexibility index (Phi) is 6.21. The third-order valence-corrected chi connectivity index (χ3v) is 5.62. The molecule has 0 bridgehead atoms. The smallest absolute Gasteiger partial charge is 0.232 e. The number of thioether (sulfide) groups is 1. The van der Waals surface area contributed by atoms with Crippen molar-refractivity contribution >= 4 is 39.3 Å². The fourth-order valence-electron chi connectivity index (χ4n) is 2.83. The molecule has 3 rings (SSSR count). The molecule has 3 nitrogen and oxygen atoms in total. The van der Waals surface area contributed by atoms with Crippen LogP contribution in [0, 0.1) is 0 Å². The summed E-state index contributed by atoms with van der Waals surface area (Å²) in [6.07, 6.45) is 0. The lowest BCUT2D eigenvalue weighted by Gasteiger charge is -2.36. The normalized spacial score (nSPS) is 14.7. The Bertz CT molecular complexity index is 672.